The Morgan fingerprint density at radius 1 is 1.03 bits per heavy atom. The zero-order chi connectivity index (χ0) is 20.8. The molecular formula is C21H25F2N3O3. The lowest BCUT2D eigenvalue weighted by Gasteiger charge is -2.20. The number of hydrogen-bond donors (Lipinski definition) is 2. The molecule has 156 valence electrons. The summed E-state index contributed by atoms with van der Waals surface area (Å²) < 4.78 is 39.1. The topological polar surface area (TPSA) is 62.8 Å². The molecule has 0 atom stereocenters. The molecule has 0 radical (unpaired) electrons. The summed E-state index contributed by atoms with van der Waals surface area (Å²) in [7, 11) is 3.12. The molecule has 2 aromatic rings. The molecule has 1 heterocycles. The average molecular weight is 405 g/mol. The monoisotopic (exact) mass is 405 g/mol. The first-order valence-corrected chi connectivity index (χ1v) is 9.51. The van der Waals surface area contributed by atoms with Crippen molar-refractivity contribution in [3.8, 4) is 11.5 Å². The lowest BCUT2D eigenvalue weighted by atomic mass is 10.1. The molecule has 1 fully saturated rings. The zero-order valence-corrected chi connectivity index (χ0v) is 16.6. The van der Waals surface area contributed by atoms with Crippen molar-refractivity contribution >= 4 is 17.4 Å². The number of anilines is 2. The van der Waals surface area contributed by atoms with E-state index in [-0.39, 0.29) is 11.4 Å². The molecule has 1 saturated heterocycles. The van der Waals surface area contributed by atoms with Crippen molar-refractivity contribution in [1.29, 1.82) is 0 Å². The zero-order valence-electron chi connectivity index (χ0n) is 16.6. The van der Waals surface area contributed by atoms with E-state index in [0.717, 1.165) is 30.5 Å². The third-order valence-corrected chi connectivity index (χ3v) is 4.84. The van der Waals surface area contributed by atoms with Crippen LogP contribution in [-0.4, -0.2) is 39.9 Å². The maximum Gasteiger partial charge on any atom is 0.319 e. The van der Waals surface area contributed by atoms with Gasteiger partial charge in [-0.15, -0.1) is 0 Å². The van der Waals surface area contributed by atoms with Crippen LogP contribution in [0.1, 0.15) is 18.4 Å². The highest BCUT2D eigenvalue weighted by molar-refractivity contribution is 5.89. The maximum absolute atomic E-state index is 14.3. The van der Waals surface area contributed by atoms with Gasteiger partial charge in [-0.3, -0.25) is 0 Å². The van der Waals surface area contributed by atoms with Crippen molar-refractivity contribution in [2.45, 2.75) is 19.3 Å². The second-order valence-corrected chi connectivity index (χ2v) is 6.80. The number of urea groups is 1. The largest absolute Gasteiger partial charge is 0.493 e. The summed E-state index contributed by atoms with van der Waals surface area (Å²) in [6.45, 7) is 1.62. The van der Waals surface area contributed by atoms with Gasteiger partial charge in [-0.1, -0.05) is 6.07 Å². The molecule has 0 bridgehead atoms. The molecule has 0 unspecified atom stereocenters. The van der Waals surface area contributed by atoms with E-state index in [1.165, 1.54) is 0 Å². The van der Waals surface area contributed by atoms with Crippen LogP contribution in [0.4, 0.5) is 25.0 Å². The van der Waals surface area contributed by atoms with Crippen molar-refractivity contribution in [3.05, 3.63) is 47.5 Å². The van der Waals surface area contributed by atoms with Crippen molar-refractivity contribution in [3.63, 3.8) is 0 Å². The fraction of sp³-hybridized carbons (Fsp3) is 0.381. The number of methoxy groups -OCH3 is 2. The van der Waals surface area contributed by atoms with Gasteiger partial charge < -0.3 is 25.0 Å². The molecule has 2 aromatic carbocycles. The SMILES string of the molecule is COc1ccc(CCNC(=O)Nc2cc(F)c(N3CCCC3)c(F)c2)cc1OC. The number of rotatable bonds is 7. The lowest BCUT2D eigenvalue weighted by molar-refractivity contribution is 0.252. The Morgan fingerprint density at radius 3 is 2.31 bits per heavy atom. The number of amides is 2. The van der Waals surface area contributed by atoms with Gasteiger partial charge in [0.15, 0.2) is 23.1 Å². The summed E-state index contributed by atoms with van der Waals surface area (Å²) in [6.07, 6.45) is 2.40. The highest BCUT2D eigenvalue weighted by Crippen LogP contribution is 2.30. The molecule has 0 aromatic heterocycles. The van der Waals surface area contributed by atoms with E-state index in [2.05, 4.69) is 10.6 Å². The number of nitrogens with zero attached hydrogens (tertiary/aromatic N) is 1. The third kappa shape index (κ3) is 5.07. The number of benzene rings is 2. The van der Waals surface area contributed by atoms with Crippen LogP contribution in [0.25, 0.3) is 0 Å². The number of carbonyl (C=O) groups is 1. The number of nitrogens with one attached hydrogen (secondary N) is 2. The molecule has 8 heteroatoms. The molecule has 1 aliphatic heterocycles. The van der Waals surface area contributed by atoms with Gasteiger partial charge in [0.05, 0.1) is 14.2 Å². The Kier molecular flexibility index (Phi) is 6.74. The number of hydrogen-bond acceptors (Lipinski definition) is 4. The van der Waals surface area contributed by atoms with Gasteiger partial charge in [-0.05, 0) is 49.1 Å². The predicted octanol–water partition coefficient (Wildman–Crippen LogP) is 3.95. The summed E-state index contributed by atoms with van der Waals surface area (Å²) in [6, 6.07) is 7.26. The highest BCUT2D eigenvalue weighted by atomic mass is 19.1. The van der Waals surface area contributed by atoms with E-state index >= 15 is 0 Å². The molecule has 0 aliphatic carbocycles. The van der Waals surface area contributed by atoms with Crippen LogP contribution in [0.3, 0.4) is 0 Å². The molecule has 3 rings (SSSR count). The van der Waals surface area contributed by atoms with E-state index in [1.54, 1.807) is 25.2 Å². The Morgan fingerprint density at radius 2 is 1.69 bits per heavy atom. The van der Waals surface area contributed by atoms with Crippen LogP contribution in [0.15, 0.2) is 30.3 Å². The van der Waals surface area contributed by atoms with E-state index < -0.39 is 17.7 Å². The first kappa shape index (κ1) is 20.7. The Hall–Kier alpha value is -3.03. The minimum atomic E-state index is -0.674. The lowest BCUT2D eigenvalue weighted by Crippen LogP contribution is -2.30. The summed E-state index contributed by atoms with van der Waals surface area (Å²) >= 11 is 0. The highest BCUT2D eigenvalue weighted by Gasteiger charge is 2.21. The summed E-state index contributed by atoms with van der Waals surface area (Å²) in [5.74, 6) is -0.109. The standard InChI is InChI=1S/C21H25F2N3O3/c1-28-18-6-5-14(11-19(18)29-2)7-8-24-21(27)25-15-12-16(22)20(17(23)13-15)26-9-3-4-10-26/h5-6,11-13H,3-4,7-10H2,1-2H3,(H2,24,25,27). The molecule has 0 spiro atoms. The molecular weight excluding hydrogens is 380 g/mol. The van der Waals surface area contributed by atoms with Gasteiger partial charge in [0.1, 0.15) is 5.69 Å². The van der Waals surface area contributed by atoms with Gasteiger partial charge >= 0.3 is 6.03 Å². The minimum Gasteiger partial charge on any atom is -0.493 e. The van der Waals surface area contributed by atoms with Gasteiger partial charge in [-0.25, -0.2) is 13.6 Å². The van der Waals surface area contributed by atoms with Gasteiger partial charge in [0.25, 0.3) is 0 Å². The van der Waals surface area contributed by atoms with Crippen molar-refractivity contribution < 1.29 is 23.0 Å². The summed E-state index contributed by atoms with van der Waals surface area (Å²) in [5, 5.41) is 5.15. The maximum atomic E-state index is 14.3. The first-order valence-electron chi connectivity index (χ1n) is 9.51. The smallest absolute Gasteiger partial charge is 0.319 e. The number of ether oxygens (including phenoxy) is 2. The van der Waals surface area contributed by atoms with Gasteiger partial charge in [0, 0.05) is 25.3 Å². The Bertz CT molecular complexity index is 847. The minimum absolute atomic E-state index is 0.0260. The Balaban J connectivity index is 1.54. The van der Waals surface area contributed by atoms with Crippen LogP contribution in [0.2, 0.25) is 0 Å². The van der Waals surface area contributed by atoms with Crippen LogP contribution in [-0.2, 0) is 6.42 Å². The fourth-order valence-corrected chi connectivity index (χ4v) is 3.41. The molecule has 2 amide bonds. The van der Waals surface area contributed by atoms with E-state index in [1.807, 2.05) is 12.1 Å². The van der Waals surface area contributed by atoms with E-state index in [4.69, 9.17) is 9.47 Å². The van der Waals surface area contributed by atoms with Crippen molar-refractivity contribution in [2.24, 2.45) is 0 Å². The second kappa shape index (κ2) is 9.45. The first-order chi connectivity index (χ1) is 14.0. The Labute approximate surface area is 168 Å². The molecule has 29 heavy (non-hydrogen) atoms. The quantitative estimate of drug-likeness (QED) is 0.732. The van der Waals surface area contributed by atoms with Gasteiger partial charge in [0.2, 0.25) is 0 Å². The van der Waals surface area contributed by atoms with Crippen LogP contribution in [0.5, 0.6) is 11.5 Å². The second-order valence-electron chi connectivity index (χ2n) is 6.80. The van der Waals surface area contributed by atoms with Crippen molar-refractivity contribution in [2.75, 3.05) is 44.1 Å². The fourth-order valence-electron chi connectivity index (χ4n) is 3.41. The average Bonchev–Trinajstić information content (AvgIpc) is 3.21. The molecule has 1 aliphatic rings. The van der Waals surface area contributed by atoms with E-state index in [9.17, 15) is 13.6 Å². The van der Waals surface area contributed by atoms with Crippen LogP contribution in [0, 0.1) is 11.6 Å². The molecule has 2 N–H and O–H groups in total. The number of halogens is 2. The van der Waals surface area contributed by atoms with Crippen molar-refractivity contribution in [1.82, 2.24) is 5.32 Å². The summed E-state index contributed by atoms with van der Waals surface area (Å²) in [5.41, 5.74) is 1.00. The molecule has 6 nitrogen and oxygen atoms in total. The molecule has 0 saturated carbocycles. The predicted molar refractivity (Wildman–Crippen MR) is 108 cm³/mol. The van der Waals surface area contributed by atoms with Crippen LogP contribution < -0.4 is 25.0 Å². The van der Waals surface area contributed by atoms with E-state index in [0.29, 0.717) is 37.6 Å². The third-order valence-electron chi connectivity index (χ3n) is 4.84. The normalized spacial score (nSPS) is 13.3. The number of carbonyl (C=O) groups excluding carboxylic acids is 1. The summed E-state index contributed by atoms with van der Waals surface area (Å²) in [4.78, 5) is 13.8. The van der Waals surface area contributed by atoms with Crippen LogP contribution >= 0.6 is 0 Å². The van der Waals surface area contributed by atoms with Gasteiger partial charge in [-0.2, -0.15) is 0 Å².